The SMILES string of the molecule is COCCCN(NS(=O)(=O)c1ccc(Cl)cc1)C(N)=S. The lowest BCUT2D eigenvalue weighted by Gasteiger charge is -2.23. The van der Waals surface area contributed by atoms with E-state index < -0.39 is 10.0 Å². The van der Waals surface area contributed by atoms with Crippen molar-refractivity contribution in [3.63, 3.8) is 0 Å². The van der Waals surface area contributed by atoms with Crippen LogP contribution in [0.4, 0.5) is 0 Å². The number of nitrogens with one attached hydrogen (secondary N) is 1. The lowest BCUT2D eigenvalue weighted by atomic mass is 10.4. The van der Waals surface area contributed by atoms with Crippen molar-refractivity contribution in [1.82, 2.24) is 9.84 Å². The molecule has 0 aromatic heterocycles. The number of halogens is 1. The van der Waals surface area contributed by atoms with Crippen LogP contribution in [0.25, 0.3) is 0 Å². The molecule has 0 amide bonds. The van der Waals surface area contributed by atoms with E-state index in [1.807, 2.05) is 0 Å². The first-order chi connectivity index (χ1) is 9.36. The second kappa shape index (κ2) is 7.75. The van der Waals surface area contributed by atoms with E-state index >= 15 is 0 Å². The van der Waals surface area contributed by atoms with Gasteiger partial charge in [0, 0.05) is 25.3 Å². The van der Waals surface area contributed by atoms with Gasteiger partial charge in [0.1, 0.15) is 0 Å². The molecule has 0 atom stereocenters. The zero-order valence-corrected chi connectivity index (χ0v) is 13.3. The highest BCUT2D eigenvalue weighted by Gasteiger charge is 2.18. The average Bonchev–Trinajstić information content (AvgIpc) is 2.38. The summed E-state index contributed by atoms with van der Waals surface area (Å²) in [6, 6.07) is 5.79. The molecule has 20 heavy (non-hydrogen) atoms. The molecule has 1 aromatic carbocycles. The van der Waals surface area contributed by atoms with Gasteiger partial charge in [-0.15, -0.1) is 4.83 Å². The molecule has 0 radical (unpaired) electrons. The molecule has 112 valence electrons. The van der Waals surface area contributed by atoms with Crippen LogP contribution in [0.15, 0.2) is 29.2 Å². The van der Waals surface area contributed by atoms with Gasteiger partial charge >= 0.3 is 0 Å². The van der Waals surface area contributed by atoms with Crippen molar-refractivity contribution in [3.8, 4) is 0 Å². The highest BCUT2D eigenvalue weighted by atomic mass is 35.5. The van der Waals surface area contributed by atoms with Crippen molar-refractivity contribution in [2.75, 3.05) is 20.3 Å². The van der Waals surface area contributed by atoms with Gasteiger partial charge in [-0.3, -0.25) is 5.01 Å². The van der Waals surface area contributed by atoms with Gasteiger partial charge in [0.05, 0.1) is 4.90 Å². The highest BCUT2D eigenvalue weighted by Crippen LogP contribution is 2.14. The molecular formula is C11H16ClN3O3S2. The van der Waals surface area contributed by atoms with Crippen molar-refractivity contribution in [3.05, 3.63) is 29.3 Å². The van der Waals surface area contributed by atoms with E-state index in [0.717, 1.165) is 0 Å². The number of nitrogens with two attached hydrogens (primary N) is 1. The van der Waals surface area contributed by atoms with Gasteiger partial charge in [0.2, 0.25) is 0 Å². The van der Waals surface area contributed by atoms with Crippen LogP contribution >= 0.6 is 23.8 Å². The van der Waals surface area contributed by atoms with Crippen LogP contribution in [0, 0.1) is 0 Å². The summed E-state index contributed by atoms with van der Waals surface area (Å²) in [5.41, 5.74) is 5.50. The number of hydrazine groups is 1. The van der Waals surface area contributed by atoms with Crippen molar-refractivity contribution in [2.24, 2.45) is 5.73 Å². The predicted molar refractivity (Wildman–Crippen MR) is 81.8 cm³/mol. The van der Waals surface area contributed by atoms with Crippen LogP contribution in [0.2, 0.25) is 5.02 Å². The molecule has 1 rings (SSSR count). The lowest BCUT2D eigenvalue weighted by Crippen LogP contribution is -2.49. The van der Waals surface area contributed by atoms with Gasteiger partial charge in [-0.05, 0) is 42.9 Å². The monoisotopic (exact) mass is 337 g/mol. The third-order valence-corrected chi connectivity index (χ3v) is 4.18. The third-order valence-electron chi connectivity index (χ3n) is 2.35. The largest absolute Gasteiger partial charge is 0.385 e. The number of benzene rings is 1. The number of methoxy groups -OCH3 is 1. The van der Waals surface area contributed by atoms with Gasteiger partial charge in [0.25, 0.3) is 10.0 Å². The molecule has 0 unspecified atom stereocenters. The van der Waals surface area contributed by atoms with E-state index in [0.29, 0.717) is 24.6 Å². The third kappa shape index (κ3) is 5.22. The summed E-state index contributed by atoms with van der Waals surface area (Å²) < 4.78 is 29.2. The van der Waals surface area contributed by atoms with E-state index in [9.17, 15) is 8.42 Å². The molecule has 0 aliphatic heterocycles. The summed E-state index contributed by atoms with van der Waals surface area (Å²) in [5, 5.41) is 1.59. The Hall–Kier alpha value is -0.930. The summed E-state index contributed by atoms with van der Waals surface area (Å²) in [7, 11) is -2.19. The van der Waals surface area contributed by atoms with Gasteiger partial charge in [-0.2, -0.15) is 0 Å². The Morgan fingerprint density at radius 2 is 2.05 bits per heavy atom. The standard InChI is InChI=1S/C11H16ClN3O3S2/c1-18-8-2-7-15(11(13)19)14-20(16,17)10-5-3-9(12)4-6-10/h3-6,14H,2,7-8H2,1H3,(H2,13,19). The molecule has 0 bridgehead atoms. The van der Waals surface area contributed by atoms with E-state index in [-0.39, 0.29) is 10.0 Å². The molecule has 1 aromatic rings. The molecule has 0 aliphatic carbocycles. The minimum Gasteiger partial charge on any atom is -0.385 e. The number of thiocarbonyl (C=S) groups is 1. The second-order valence-electron chi connectivity index (χ2n) is 3.88. The van der Waals surface area contributed by atoms with Crippen LogP contribution in [0.5, 0.6) is 0 Å². The summed E-state index contributed by atoms with van der Waals surface area (Å²) >= 11 is 10.5. The summed E-state index contributed by atoms with van der Waals surface area (Å²) in [4.78, 5) is 2.41. The van der Waals surface area contributed by atoms with Crippen LogP contribution in [-0.4, -0.2) is 38.8 Å². The summed E-state index contributed by atoms with van der Waals surface area (Å²) in [6.07, 6.45) is 0.580. The Balaban J connectivity index is 2.80. The van der Waals surface area contributed by atoms with Crippen molar-refractivity contribution in [1.29, 1.82) is 0 Å². The maximum Gasteiger partial charge on any atom is 0.257 e. The first kappa shape index (κ1) is 17.1. The fraction of sp³-hybridized carbons (Fsp3) is 0.364. The number of ether oxygens (including phenoxy) is 1. The number of sulfonamides is 1. The first-order valence-corrected chi connectivity index (χ1v) is 7.97. The van der Waals surface area contributed by atoms with Gasteiger partial charge in [-0.25, -0.2) is 8.42 Å². The minimum absolute atomic E-state index is 0.0568. The highest BCUT2D eigenvalue weighted by molar-refractivity contribution is 7.89. The second-order valence-corrected chi connectivity index (χ2v) is 6.40. The molecule has 3 N–H and O–H groups in total. The molecular weight excluding hydrogens is 322 g/mol. The van der Waals surface area contributed by atoms with Gasteiger partial charge in [0.15, 0.2) is 5.11 Å². The van der Waals surface area contributed by atoms with E-state index in [1.165, 1.54) is 29.3 Å². The number of nitrogens with zero attached hydrogens (tertiary/aromatic N) is 1. The van der Waals surface area contributed by atoms with Crippen molar-refractivity contribution < 1.29 is 13.2 Å². The van der Waals surface area contributed by atoms with Crippen LogP contribution in [-0.2, 0) is 14.8 Å². The Kier molecular flexibility index (Phi) is 6.63. The topological polar surface area (TPSA) is 84.7 Å². The minimum atomic E-state index is -3.75. The zero-order valence-electron chi connectivity index (χ0n) is 10.9. The Morgan fingerprint density at radius 3 is 2.55 bits per heavy atom. The van der Waals surface area contributed by atoms with Crippen LogP contribution in [0.3, 0.4) is 0 Å². The van der Waals surface area contributed by atoms with Crippen molar-refractivity contribution in [2.45, 2.75) is 11.3 Å². The van der Waals surface area contributed by atoms with E-state index in [4.69, 9.17) is 34.3 Å². The van der Waals surface area contributed by atoms with Crippen molar-refractivity contribution >= 4 is 39.0 Å². The van der Waals surface area contributed by atoms with Gasteiger partial charge < -0.3 is 10.5 Å². The van der Waals surface area contributed by atoms with Gasteiger partial charge in [-0.1, -0.05) is 11.6 Å². The molecule has 0 aliphatic rings. The molecule has 0 saturated carbocycles. The summed E-state index contributed by atoms with van der Waals surface area (Å²) in [5.74, 6) is 0. The number of hydrogen-bond acceptors (Lipinski definition) is 4. The Bertz CT molecular complexity index is 549. The molecule has 9 heteroatoms. The molecule has 0 saturated heterocycles. The quantitative estimate of drug-likeness (QED) is 0.440. The fourth-order valence-electron chi connectivity index (χ4n) is 1.38. The fourth-order valence-corrected chi connectivity index (χ4v) is 2.78. The molecule has 6 nitrogen and oxygen atoms in total. The maximum atomic E-state index is 12.1. The molecule has 0 spiro atoms. The predicted octanol–water partition coefficient (Wildman–Crippen LogP) is 1.12. The Morgan fingerprint density at radius 1 is 1.45 bits per heavy atom. The number of rotatable bonds is 7. The van der Waals surface area contributed by atoms with E-state index in [1.54, 1.807) is 7.11 Å². The van der Waals surface area contributed by atoms with Crippen LogP contribution in [0.1, 0.15) is 6.42 Å². The zero-order chi connectivity index (χ0) is 15.2. The smallest absolute Gasteiger partial charge is 0.257 e. The van der Waals surface area contributed by atoms with Crippen LogP contribution < -0.4 is 10.6 Å². The number of hydrogen-bond donors (Lipinski definition) is 2. The lowest BCUT2D eigenvalue weighted by molar-refractivity contribution is 0.184. The maximum absolute atomic E-state index is 12.1. The first-order valence-electron chi connectivity index (χ1n) is 5.71. The summed E-state index contributed by atoms with van der Waals surface area (Å²) in [6.45, 7) is 0.789. The van der Waals surface area contributed by atoms with E-state index in [2.05, 4.69) is 4.83 Å². The normalized spacial score (nSPS) is 11.3. The Labute approximate surface area is 128 Å². The molecule has 0 fully saturated rings. The molecule has 0 heterocycles. The average molecular weight is 338 g/mol.